The molecular weight excluding hydrogens is 218 g/mol. The Hall–Kier alpha value is -2.10. The molecule has 1 aromatic heterocycles. The lowest BCUT2D eigenvalue weighted by Crippen LogP contribution is -2.07. The Bertz CT molecular complexity index is 551. The summed E-state index contributed by atoms with van der Waals surface area (Å²) in [4.78, 5) is 15.9. The highest BCUT2D eigenvalue weighted by Crippen LogP contribution is 2.25. The molecule has 0 saturated heterocycles. The molecule has 88 valence electrons. The highest BCUT2D eigenvalue weighted by molar-refractivity contribution is 5.94. The number of esters is 1. The van der Waals surface area contributed by atoms with Gasteiger partial charge in [0, 0.05) is 11.5 Å². The summed E-state index contributed by atoms with van der Waals surface area (Å²) in [5.41, 5.74) is 0.984. The van der Waals surface area contributed by atoms with Gasteiger partial charge < -0.3 is 9.47 Å². The molecule has 4 heteroatoms. The Kier molecular flexibility index (Phi) is 3.23. The molecule has 0 unspecified atom stereocenters. The van der Waals surface area contributed by atoms with Gasteiger partial charge in [-0.3, -0.25) is 0 Å². The van der Waals surface area contributed by atoms with Crippen molar-refractivity contribution in [3.8, 4) is 5.75 Å². The first kappa shape index (κ1) is 11.4. The van der Waals surface area contributed by atoms with Crippen LogP contribution in [-0.4, -0.2) is 24.7 Å². The number of pyridine rings is 1. The monoisotopic (exact) mass is 231 g/mol. The average molecular weight is 231 g/mol. The van der Waals surface area contributed by atoms with E-state index in [-0.39, 0.29) is 5.69 Å². The van der Waals surface area contributed by atoms with E-state index in [2.05, 4.69) is 4.98 Å². The van der Waals surface area contributed by atoms with Gasteiger partial charge in [0.2, 0.25) is 0 Å². The van der Waals surface area contributed by atoms with Gasteiger partial charge in [-0.05, 0) is 19.1 Å². The van der Waals surface area contributed by atoms with E-state index in [0.29, 0.717) is 12.4 Å². The molecule has 2 aromatic rings. The first-order chi connectivity index (χ1) is 8.26. The van der Waals surface area contributed by atoms with Gasteiger partial charge in [-0.15, -0.1) is 0 Å². The molecule has 17 heavy (non-hydrogen) atoms. The van der Waals surface area contributed by atoms with Crippen LogP contribution in [-0.2, 0) is 4.74 Å². The minimum absolute atomic E-state index is 0.266. The number of nitrogens with zero attached hydrogens (tertiary/aromatic N) is 1. The van der Waals surface area contributed by atoms with Crippen molar-refractivity contribution in [2.24, 2.45) is 0 Å². The van der Waals surface area contributed by atoms with E-state index >= 15 is 0 Å². The molecule has 1 aromatic carbocycles. The van der Waals surface area contributed by atoms with Crippen molar-refractivity contribution in [3.63, 3.8) is 0 Å². The van der Waals surface area contributed by atoms with E-state index < -0.39 is 5.97 Å². The number of rotatable bonds is 3. The fourth-order valence-electron chi connectivity index (χ4n) is 1.62. The molecule has 0 aliphatic heterocycles. The standard InChI is InChI=1S/C13H13NO3/c1-3-17-13(15)11-8-12(16-2)9-6-4-5-7-10(9)14-11/h4-8H,3H2,1-2H3. The molecule has 0 spiro atoms. The Labute approximate surface area is 99.2 Å². The van der Waals surface area contributed by atoms with Gasteiger partial charge in [-0.2, -0.15) is 0 Å². The molecule has 0 aliphatic rings. The van der Waals surface area contributed by atoms with Gasteiger partial charge in [0.25, 0.3) is 0 Å². The molecule has 0 fully saturated rings. The maximum atomic E-state index is 11.6. The van der Waals surface area contributed by atoms with E-state index in [4.69, 9.17) is 9.47 Å². The molecular formula is C13H13NO3. The number of aromatic nitrogens is 1. The summed E-state index contributed by atoms with van der Waals surface area (Å²) in [7, 11) is 1.57. The van der Waals surface area contributed by atoms with Crippen LogP contribution in [0.15, 0.2) is 30.3 Å². The van der Waals surface area contributed by atoms with Gasteiger partial charge in [0.1, 0.15) is 5.75 Å². The van der Waals surface area contributed by atoms with Gasteiger partial charge in [-0.25, -0.2) is 9.78 Å². The number of ether oxygens (including phenoxy) is 2. The number of para-hydroxylation sites is 1. The van der Waals surface area contributed by atoms with E-state index in [9.17, 15) is 4.79 Å². The summed E-state index contributed by atoms with van der Waals surface area (Å²) in [6.45, 7) is 2.09. The van der Waals surface area contributed by atoms with Crippen molar-refractivity contribution in [1.29, 1.82) is 0 Å². The van der Waals surface area contributed by atoms with Crippen LogP contribution in [0.25, 0.3) is 10.9 Å². The quantitative estimate of drug-likeness (QED) is 0.761. The highest BCUT2D eigenvalue weighted by atomic mass is 16.5. The summed E-state index contributed by atoms with van der Waals surface area (Å²) in [5.74, 6) is 0.190. The first-order valence-corrected chi connectivity index (χ1v) is 5.37. The van der Waals surface area contributed by atoms with Gasteiger partial charge >= 0.3 is 5.97 Å². The molecule has 0 saturated carbocycles. The average Bonchev–Trinajstić information content (AvgIpc) is 2.37. The number of fused-ring (bicyclic) bond motifs is 1. The molecule has 1 heterocycles. The Morgan fingerprint density at radius 2 is 2.12 bits per heavy atom. The SMILES string of the molecule is CCOC(=O)c1cc(OC)c2ccccc2n1. The van der Waals surface area contributed by atoms with Crippen molar-refractivity contribution in [2.75, 3.05) is 13.7 Å². The molecule has 0 atom stereocenters. The zero-order chi connectivity index (χ0) is 12.3. The second-order valence-corrected chi connectivity index (χ2v) is 3.45. The predicted molar refractivity (Wildman–Crippen MR) is 64.3 cm³/mol. The third kappa shape index (κ3) is 2.20. The van der Waals surface area contributed by atoms with E-state index in [0.717, 1.165) is 10.9 Å². The summed E-state index contributed by atoms with van der Waals surface area (Å²) in [5, 5.41) is 0.878. The van der Waals surface area contributed by atoms with Gasteiger partial charge in [-0.1, -0.05) is 12.1 Å². The zero-order valence-electron chi connectivity index (χ0n) is 9.77. The van der Waals surface area contributed by atoms with E-state index in [1.165, 1.54) is 0 Å². The topological polar surface area (TPSA) is 48.4 Å². The van der Waals surface area contributed by atoms with Gasteiger partial charge in [0.05, 0.1) is 19.2 Å². The van der Waals surface area contributed by atoms with Crippen LogP contribution in [0.5, 0.6) is 5.75 Å². The van der Waals surface area contributed by atoms with Crippen molar-refractivity contribution >= 4 is 16.9 Å². The fraction of sp³-hybridized carbons (Fsp3) is 0.231. The maximum absolute atomic E-state index is 11.6. The lowest BCUT2D eigenvalue weighted by Gasteiger charge is -2.07. The summed E-state index contributed by atoms with van der Waals surface area (Å²) in [6, 6.07) is 9.09. The Morgan fingerprint density at radius 3 is 2.82 bits per heavy atom. The molecule has 0 amide bonds. The highest BCUT2D eigenvalue weighted by Gasteiger charge is 2.12. The normalized spacial score (nSPS) is 10.2. The number of carbonyl (C=O) groups is 1. The lowest BCUT2D eigenvalue weighted by atomic mass is 10.2. The largest absolute Gasteiger partial charge is 0.496 e. The van der Waals surface area contributed by atoms with Crippen molar-refractivity contribution in [1.82, 2.24) is 4.98 Å². The van der Waals surface area contributed by atoms with E-state index in [1.54, 1.807) is 20.1 Å². The molecule has 4 nitrogen and oxygen atoms in total. The number of carbonyl (C=O) groups excluding carboxylic acids is 1. The maximum Gasteiger partial charge on any atom is 0.357 e. The minimum atomic E-state index is -0.434. The third-order valence-electron chi connectivity index (χ3n) is 2.38. The predicted octanol–water partition coefficient (Wildman–Crippen LogP) is 2.42. The molecule has 0 N–H and O–H groups in total. The molecule has 0 bridgehead atoms. The Morgan fingerprint density at radius 1 is 1.35 bits per heavy atom. The number of hydrogen-bond donors (Lipinski definition) is 0. The summed E-state index contributed by atoms with van der Waals surface area (Å²) < 4.78 is 10.2. The smallest absolute Gasteiger partial charge is 0.357 e. The molecule has 0 radical (unpaired) electrons. The number of methoxy groups -OCH3 is 1. The van der Waals surface area contributed by atoms with Crippen LogP contribution in [0.3, 0.4) is 0 Å². The lowest BCUT2D eigenvalue weighted by molar-refractivity contribution is 0.0519. The Balaban J connectivity index is 2.56. The van der Waals surface area contributed by atoms with Crippen molar-refractivity contribution < 1.29 is 14.3 Å². The van der Waals surface area contributed by atoms with E-state index in [1.807, 2.05) is 24.3 Å². The second-order valence-electron chi connectivity index (χ2n) is 3.45. The van der Waals surface area contributed by atoms with Crippen molar-refractivity contribution in [2.45, 2.75) is 6.92 Å². The van der Waals surface area contributed by atoms with Crippen LogP contribution in [0.2, 0.25) is 0 Å². The zero-order valence-corrected chi connectivity index (χ0v) is 9.77. The van der Waals surface area contributed by atoms with Gasteiger partial charge in [0.15, 0.2) is 5.69 Å². The van der Waals surface area contributed by atoms with Crippen LogP contribution in [0, 0.1) is 0 Å². The molecule has 2 rings (SSSR count). The number of benzene rings is 1. The second kappa shape index (κ2) is 4.82. The van der Waals surface area contributed by atoms with Crippen LogP contribution < -0.4 is 4.74 Å². The summed E-state index contributed by atoms with van der Waals surface area (Å²) >= 11 is 0. The first-order valence-electron chi connectivity index (χ1n) is 5.37. The number of hydrogen-bond acceptors (Lipinski definition) is 4. The van der Waals surface area contributed by atoms with Crippen LogP contribution in [0.4, 0.5) is 0 Å². The summed E-state index contributed by atoms with van der Waals surface area (Å²) in [6.07, 6.45) is 0. The van der Waals surface area contributed by atoms with Crippen molar-refractivity contribution in [3.05, 3.63) is 36.0 Å². The fourth-order valence-corrected chi connectivity index (χ4v) is 1.62. The van der Waals surface area contributed by atoms with Crippen LogP contribution >= 0.6 is 0 Å². The third-order valence-corrected chi connectivity index (χ3v) is 2.38. The minimum Gasteiger partial charge on any atom is -0.496 e. The van der Waals surface area contributed by atoms with Crippen LogP contribution in [0.1, 0.15) is 17.4 Å². The molecule has 0 aliphatic carbocycles.